The van der Waals surface area contributed by atoms with E-state index in [9.17, 15) is 9.59 Å². The Hall–Kier alpha value is -3.44. The van der Waals surface area contributed by atoms with E-state index in [-0.39, 0.29) is 23.6 Å². The van der Waals surface area contributed by atoms with Crippen molar-refractivity contribution in [3.63, 3.8) is 0 Å². The number of aliphatic hydroxyl groups excluding tert-OH is 2. The lowest BCUT2D eigenvalue weighted by Crippen LogP contribution is -2.29. The zero-order chi connectivity index (χ0) is 24.7. The predicted molar refractivity (Wildman–Crippen MR) is 131 cm³/mol. The lowest BCUT2D eigenvalue weighted by Gasteiger charge is -2.27. The molecule has 0 bridgehead atoms. The molecule has 1 amide bonds. The quantitative estimate of drug-likeness (QED) is 0.379. The van der Waals surface area contributed by atoms with Crippen LogP contribution in [-0.2, 0) is 0 Å². The van der Waals surface area contributed by atoms with Gasteiger partial charge in [-0.25, -0.2) is 4.98 Å². The van der Waals surface area contributed by atoms with Crippen molar-refractivity contribution >= 4 is 28.9 Å². The van der Waals surface area contributed by atoms with Gasteiger partial charge in [0.2, 0.25) is 0 Å². The second kappa shape index (κ2) is 11.6. The molecule has 3 aromatic rings. The molecule has 5 rings (SSSR count). The van der Waals surface area contributed by atoms with Gasteiger partial charge in [0.25, 0.3) is 11.5 Å². The van der Waals surface area contributed by atoms with Crippen LogP contribution < -0.4 is 21.5 Å². The van der Waals surface area contributed by atoms with E-state index in [1.54, 1.807) is 35.3 Å². The van der Waals surface area contributed by atoms with E-state index < -0.39 is 0 Å². The average Bonchev–Trinajstić information content (AvgIpc) is 3.24. The van der Waals surface area contributed by atoms with Gasteiger partial charge in [0.1, 0.15) is 22.9 Å². The van der Waals surface area contributed by atoms with Crippen LogP contribution in [0.3, 0.4) is 0 Å². The van der Waals surface area contributed by atoms with Crippen molar-refractivity contribution in [1.82, 2.24) is 24.5 Å². The van der Waals surface area contributed by atoms with Crippen LogP contribution >= 0.6 is 0 Å². The fourth-order valence-corrected chi connectivity index (χ4v) is 3.58. The Kier molecular flexibility index (Phi) is 8.61. The predicted octanol–water partition coefficient (Wildman–Crippen LogP) is 1.90. The Morgan fingerprint density at radius 1 is 1.15 bits per heavy atom. The van der Waals surface area contributed by atoms with Crippen molar-refractivity contribution in [1.29, 1.82) is 0 Å². The van der Waals surface area contributed by atoms with Crippen LogP contribution in [0.4, 0.5) is 17.3 Å². The van der Waals surface area contributed by atoms with E-state index in [0.29, 0.717) is 28.5 Å². The summed E-state index contributed by atoms with van der Waals surface area (Å²) in [6, 6.07) is 5.61. The Morgan fingerprint density at radius 2 is 1.82 bits per heavy atom. The summed E-state index contributed by atoms with van der Waals surface area (Å²) in [5.41, 5.74) is 1.13. The van der Waals surface area contributed by atoms with Crippen LogP contribution in [0.15, 0.2) is 35.4 Å². The maximum atomic E-state index is 12.8. The Bertz CT molecular complexity index is 1170. The van der Waals surface area contributed by atoms with Crippen LogP contribution in [0.1, 0.15) is 54.9 Å². The summed E-state index contributed by atoms with van der Waals surface area (Å²) >= 11 is 0. The van der Waals surface area contributed by atoms with Gasteiger partial charge in [-0.3, -0.25) is 9.59 Å². The maximum Gasteiger partial charge on any atom is 0.274 e. The first-order chi connectivity index (χ1) is 16.5. The number of aromatic nitrogens is 4. The first kappa shape index (κ1) is 25.2. The monoisotopic (exact) mass is 471 g/mol. The first-order valence-corrected chi connectivity index (χ1v) is 11.4. The molecule has 2 aliphatic rings. The van der Waals surface area contributed by atoms with Crippen LogP contribution in [0.2, 0.25) is 0 Å². The molecule has 184 valence electrons. The number of rotatable bonds is 5. The van der Waals surface area contributed by atoms with Gasteiger partial charge in [-0.05, 0) is 50.7 Å². The first-order valence-electron chi connectivity index (χ1n) is 11.4. The number of carbonyl (C=O) groups is 1. The Labute approximate surface area is 197 Å². The number of nitrogens with one attached hydrogen (secondary N) is 3. The molecule has 0 aliphatic heterocycles. The molecule has 11 nitrogen and oxygen atoms in total. The van der Waals surface area contributed by atoms with E-state index >= 15 is 0 Å². The standard InChI is InChI=1S/C18H21N7O2.C4H8O.CH4O/c1-19-15-9-14(23-16-12(17(26)20-2)10-21-25(15)16)22-13-7-4-8-24(18(13)27)11-5-3-6-11;5-4-2-1-3-4;1-2/h4,7-11,19H,3,5-6H2,1-2H3,(H,20,26)(H,22,23);4-5H,1-3H2;2H,1H3. The average molecular weight is 472 g/mol. The molecule has 2 aliphatic carbocycles. The summed E-state index contributed by atoms with van der Waals surface area (Å²) in [4.78, 5) is 29.3. The van der Waals surface area contributed by atoms with Crippen LogP contribution in [-0.4, -0.2) is 62.6 Å². The minimum absolute atomic E-state index is 0.0648. The van der Waals surface area contributed by atoms with Crippen molar-refractivity contribution < 1.29 is 15.0 Å². The van der Waals surface area contributed by atoms with Gasteiger partial charge >= 0.3 is 0 Å². The summed E-state index contributed by atoms with van der Waals surface area (Å²) in [6.07, 6.45) is 9.90. The third-order valence-corrected chi connectivity index (χ3v) is 5.98. The molecule has 11 heteroatoms. The Morgan fingerprint density at radius 3 is 2.35 bits per heavy atom. The number of aliphatic hydroxyl groups is 2. The van der Waals surface area contributed by atoms with Gasteiger partial charge in [0, 0.05) is 39.5 Å². The van der Waals surface area contributed by atoms with Crippen molar-refractivity contribution in [3.8, 4) is 0 Å². The van der Waals surface area contributed by atoms with Crippen LogP contribution in [0.25, 0.3) is 5.65 Å². The maximum absolute atomic E-state index is 12.8. The van der Waals surface area contributed by atoms with Crippen molar-refractivity contribution in [3.05, 3.63) is 46.5 Å². The van der Waals surface area contributed by atoms with E-state index in [1.807, 2.05) is 12.3 Å². The summed E-state index contributed by atoms with van der Waals surface area (Å²) in [5.74, 6) is 0.831. The van der Waals surface area contributed by atoms with Gasteiger partial charge in [-0.1, -0.05) is 0 Å². The molecule has 0 spiro atoms. The highest BCUT2D eigenvalue weighted by Crippen LogP contribution is 2.30. The smallest absolute Gasteiger partial charge is 0.274 e. The van der Waals surface area contributed by atoms with E-state index in [4.69, 9.17) is 10.2 Å². The zero-order valence-electron chi connectivity index (χ0n) is 19.8. The highest BCUT2D eigenvalue weighted by molar-refractivity contribution is 5.99. The number of nitrogens with zero attached hydrogens (tertiary/aromatic N) is 4. The van der Waals surface area contributed by atoms with Crippen LogP contribution in [0.5, 0.6) is 0 Å². The molecule has 0 radical (unpaired) electrons. The largest absolute Gasteiger partial charge is 0.400 e. The summed E-state index contributed by atoms with van der Waals surface area (Å²) < 4.78 is 3.32. The number of hydrogen-bond donors (Lipinski definition) is 5. The lowest BCUT2D eigenvalue weighted by molar-refractivity contribution is 0.0948. The van der Waals surface area contributed by atoms with E-state index in [1.165, 1.54) is 12.6 Å². The fraction of sp³-hybridized carbons (Fsp3) is 0.478. The van der Waals surface area contributed by atoms with Gasteiger partial charge < -0.3 is 30.7 Å². The lowest BCUT2D eigenvalue weighted by atomic mass is 9.93. The van der Waals surface area contributed by atoms with Crippen molar-refractivity contribution in [2.45, 2.75) is 50.7 Å². The van der Waals surface area contributed by atoms with Gasteiger partial charge in [0.15, 0.2) is 5.65 Å². The van der Waals surface area contributed by atoms with Gasteiger partial charge in [0.05, 0.1) is 12.3 Å². The minimum atomic E-state index is -0.274. The second-order valence-electron chi connectivity index (χ2n) is 8.08. The zero-order valence-corrected chi connectivity index (χ0v) is 19.8. The molecule has 3 aromatic heterocycles. The Balaban J connectivity index is 0.000000404. The molecular formula is C23H33N7O4. The highest BCUT2D eigenvalue weighted by Gasteiger charge is 2.21. The molecule has 0 unspecified atom stereocenters. The van der Waals surface area contributed by atoms with Gasteiger partial charge in [-0.15, -0.1) is 0 Å². The van der Waals surface area contributed by atoms with Gasteiger partial charge in [-0.2, -0.15) is 9.61 Å². The number of hydrogen-bond acceptors (Lipinski definition) is 8. The van der Waals surface area contributed by atoms with E-state index in [0.717, 1.165) is 39.2 Å². The molecule has 2 saturated carbocycles. The molecule has 0 atom stereocenters. The van der Waals surface area contributed by atoms with Crippen molar-refractivity contribution in [2.24, 2.45) is 0 Å². The number of amides is 1. The topological polar surface area (TPSA) is 146 Å². The SMILES string of the molecule is CNC(=O)c1cnn2c(NC)cc(Nc3cccn(C4CCC4)c3=O)nc12.CO.OC1CCC1. The highest BCUT2D eigenvalue weighted by atomic mass is 16.3. The number of anilines is 3. The third kappa shape index (κ3) is 5.37. The normalized spacial score (nSPS) is 15.1. The summed E-state index contributed by atoms with van der Waals surface area (Å²) in [7, 11) is 4.31. The van der Waals surface area contributed by atoms with Crippen LogP contribution in [0, 0.1) is 0 Å². The van der Waals surface area contributed by atoms with Crippen molar-refractivity contribution in [2.75, 3.05) is 31.8 Å². The molecule has 5 N–H and O–H groups in total. The molecule has 2 fully saturated rings. The fourth-order valence-electron chi connectivity index (χ4n) is 3.58. The summed E-state index contributed by atoms with van der Waals surface area (Å²) in [6.45, 7) is 0. The third-order valence-electron chi connectivity index (χ3n) is 5.98. The molecule has 34 heavy (non-hydrogen) atoms. The molecule has 3 heterocycles. The number of fused-ring (bicyclic) bond motifs is 1. The van der Waals surface area contributed by atoms with E-state index in [2.05, 4.69) is 26.0 Å². The minimum Gasteiger partial charge on any atom is -0.400 e. The molecule has 0 aromatic carbocycles. The number of pyridine rings is 1. The number of carbonyl (C=O) groups excluding carboxylic acids is 1. The molecule has 0 saturated heterocycles. The summed E-state index contributed by atoms with van der Waals surface area (Å²) in [5, 5.41) is 28.4. The second-order valence-corrected chi connectivity index (χ2v) is 8.08. The molecular weight excluding hydrogens is 438 g/mol.